The summed E-state index contributed by atoms with van der Waals surface area (Å²) in [6, 6.07) is 0. The number of carbonyl (C=O) groups excluding carboxylic acids is 5. The third kappa shape index (κ3) is 6.32. The lowest BCUT2D eigenvalue weighted by Crippen LogP contribution is -2.34. The third-order valence-corrected chi connectivity index (χ3v) is 3.89. The maximum atomic E-state index is 11.7. The van der Waals surface area contributed by atoms with E-state index >= 15 is 0 Å². The van der Waals surface area contributed by atoms with Crippen LogP contribution in [0.25, 0.3) is 0 Å². The number of rotatable bonds is 8. The Morgan fingerprint density at radius 2 is 1.63 bits per heavy atom. The van der Waals surface area contributed by atoms with Gasteiger partial charge in [0.15, 0.2) is 0 Å². The number of carbonyl (C=O) groups is 6. The molecule has 5 amide bonds. The average Bonchev–Trinajstić information content (AvgIpc) is 3.04. The SMILES string of the molecule is CCCCCC(=O)O.NC(=O)CCC1=C(N2C(=O)CCC2=O)C(=O)NC1=O. The summed E-state index contributed by atoms with van der Waals surface area (Å²) in [4.78, 5) is 67.8. The zero-order valence-electron chi connectivity index (χ0n) is 15.1. The van der Waals surface area contributed by atoms with E-state index in [2.05, 4.69) is 6.92 Å². The number of carboxylic acids is 1. The molecule has 2 aliphatic rings. The van der Waals surface area contributed by atoms with E-state index in [0.29, 0.717) is 6.42 Å². The zero-order chi connectivity index (χ0) is 20.6. The molecule has 0 aromatic heterocycles. The zero-order valence-corrected chi connectivity index (χ0v) is 15.1. The van der Waals surface area contributed by atoms with Crippen LogP contribution in [0, 0.1) is 0 Å². The first kappa shape index (κ1) is 22.0. The number of nitrogens with two attached hydrogens (primary N) is 1. The fraction of sp³-hybridized carbons (Fsp3) is 0.529. The molecule has 10 nitrogen and oxygen atoms in total. The van der Waals surface area contributed by atoms with E-state index < -0.39 is 35.5 Å². The molecule has 0 saturated carbocycles. The predicted octanol–water partition coefficient (Wildman–Crippen LogP) is -0.0373. The highest BCUT2D eigenvalue weighted by atomic mass is 16.4. The fourth-order valence-corrected chi connectivity index (χ4v) is 2.55. The number of primary amides is 1. The van der Waals surface area contributed by atoms with Gasteiger partial charge in [0, 0.05) is 31.3 Å². The lowest BCUT2D eigenvalue weighted by molar-refractivity contribution is -0.139. The second-order valence-electron chi connectivity index (χ2n) is 6.05. The van der Waals surface area contributed by atoms with E-state index in [9.17, 15) is 28.8 Å². The Morgan fingerprint density at radius 1 is 1.04 bits per heavy atom. The van der Waals surface area contributed by atoms with Crippen LogP contribution in [0.15, 0.2) is 11.3 Å². The number of unbranched alkanes of at least 4 members (excludes halogenated alkanes) is 2. The molecule has 0 aromatic carbocycles. The molecule has 2 aliphatic heterocycles. The van der Waals surface area contributed by atoms with Crippen molar-refractivity contribution >= 4 is 35.5 Å². The van der Waals surface area contributed by atoms with E-state index in [0.717, 1.165) is 24.2 Å². The lowest BCUT2D eigenvalue weighted by Gasteiger charge is -2.14. The molecule has 1 fully saturated rings. The molecule has 2 rings (SSSR count). The number of likely N-dealkylation sites (tertiary alicyclic amines) is 1. The minimum absolute atomic E-state index is 0.00685. The number of carboxylic acid groups (broad SMARTS) is 1. The number of aliphatic carboxylic acids is 1. The van der Waals surface area contributed by atoms with Crippen molar-refractivity contribution in [3.05, 3.63) is 11.3 Å². The van der Waals surface area contributed by atoms with Gasteiger partial charge < -0.3 is 10.8 Å². The van der Waals surface area contributed by atoms with Gasteiger partial charge in [0.2, 0.25) is 17.7 Å². The summed E-state index contributed by atoms with van der Waals surface area (Å²) in [6.45, 7) is 2.06. The van der Waals surface area contributed by atoms with Crippen LogP contribution < -0.4 is 11.1 Å². The van der Waals surface area contributed by atoms with Crippen LogP contribution in [-0.2, 0) is 28.8 Å². The molecule has 0 unspecified atom stereocenters. The van der Waals surface area contributed by atoms with Crippen LogP contribution in [0.3, 0.4) is 0 Å². The van der Waals surface area contributed by atoms with Crippen LogP contribution in [0.5, 0.6) is 0 Å². The van der Waals surface area contributed by atoms with Gasteiger partial charge in [-0.3, -0.25) is 34.1 Å². The molecule has 0 spiro atoms. The van der Waals surface area contributed by atoms with Gasteiger partial charge in [-0.2, -0.15) is 0 Å². The van der Waals surface area contributed by atoms with Crippen molar-refractivity contribution in [3.8, 4) is 0 Å². The molecule has 0 radical (unpaired) electrons. The van der Waals surface area contributed by atoms with Crippen LogP contribution in [0.2, 0.25) is 0 Å². The third-order valence-electron chi connectivity index (χ3n) is 3.89. The second kappa shape index (κ2) is 10.2. The Bertz CT molecular complexity index is 681. The molecular formula is C17H23N3O7. The van der Waals surface area contributed by atoms with E-state index in [1.807, 2.05) is 5.32 Å². The van der Waals surface area contributed by atoms with Gasteiger partial charge in [-0.05, 0) is 12.8 Å². The minimum Gasteiger partial charge on any atom is -0.481 e. The Kier molecular flexibility index (Phi) is 8.31. The molecule has 0 bridgehead atoms. The number of hydrogen-bond acceptors (Lipinski definition) is 6. The quantitative estimate of drug-likeness (QED) is 0.392. The number of imide groups is 2. The van der Waals surface area contributed by atoms with Crippen LogP contribution in [-0.4, -0.2) is 45.5 Å². The van der Waals surface area contributed by atoms with Crippen LogP contribution in [0.1, 0.15) is 58.3 Å². The second-order valence-corrected chi connectivity index (χ2v) is 6.05. The highest BCUT2D eigenvalue weighted by molar-refractivity contribution is 6.23. The summed E-state index contributed by atoms with van der Waals surface area (Å²) in [5, 5.41) is 10.1. The van der Waals surface area contributed by atoms with Crippen LogP contribution in [0.4, 0.5) is 0 Å². The van der Waals surface area contributed by atoms with Crippen molar-refractivity contribution < 1.29 is 33.9 Å². The number of nitrogens with one attached hydrogen (secondary N) is 1. The number of amides is 5. The summed E-state index contributed by atoms with van der Waals surface area (Å²) in [5.41, 5.74) is 4.66. The molecule has 0 aromatic rings. The Hall–Kier alpha value is -3.04. The summed E-state index contributed by atoms with van der Waals surface area (Å²) in [7, 11) is 0. The maximum absolute atomic E-state index is 11.7. The number of hydrogen-bond donors (Lipinski definition) is 3. The first-order chi connectivity index (χ1) is 12.7. The van der Waals surface area contributed by atoms with Gasteiger partial charge >= 0.3 is 5.97 Å². The monoisotopic (exact) mass is 381 g/mol. The van der Waals surface area contributed by atoms with Crippen molar-refractivity contribution in [1.82, 2.24) is 10.2 Å². The van der Waals surface area contributed by atoms with E-state index in [1.54, 1.807) is 0 Å². The molecule has 1 saturated heterocycles. The van der Waals surface area contributed by atoms with Crippen molar-refractivity contribution in [2.45, 2.75) is 58.3 Å². The Morgan fingerprint density at radius 3 is 2.11 bits per heavy atom. The lowest BCUT2D eigenvalue weighted by atomic mass is 10.1. The molecule has 2 heterocycles. The first-order valence-corrected chi connectivity index (χ1v) is 8.63. The molecule has 0 atom stereocenters. The topological polar surface area (TPSA) is 164 Å². The largest absolute Gasteiger partial charge is 0.481 e. The molecule has 0 aliphatic carbocycles. The normalized spacial score (nSPS) is 16.4. The molecular weight excluding hydrogens is 358 g/mol. The smallest absolute Gasteiger partial charge is 0.303 e. The summed E-state index contributed by atoms with van der Waals surface area (Å²) in [5.74, 6) is -3.87. The van der Waals surface area contributed by atoms with E-state index in [1.165, 1.54) is 0 Å². The van der Waals surface area contributed by atoms with Gasteiger partial charge in [0.05, 0.1) is 0 Å². The predicted molar refractivity (Wildman–Crippen MR) is 91.5 cm³/mol. The van der Waals surface area contributed by atoms with Gasteiger partial charge in [-0.15, -0.1) is 0 Å². The van der Waals surface area contributed by atoms with Gasteiger partial charge in [-0.25, -0.2) is 4.90 Å². The standard InChI is InChI=1S/C11H11N3O5.C6H12O2/c12-6(15)2-1-5-9(11(19)13-10(5)18)14-7(16)3-4-8(14)17;1-2-3-4-5-6(7)8/h1-4H2,(H2,12,15)(H,13,18,19);2-5H2,1H3,(H,7,8). The molecule has 148 valence electrons. The fourth-order valence-electron chi connectivity index (χ4n) is 2.55. The molecule has 10 heteroatoms. The van der Waals surface area contributed by atoms with Gasteiger partial charge in [0.25, 0.3) is 11.8 Å². The van der Waals surface area contributed by atoms with Crippen molar-refractivity contribution in [2.24, 2.45) is 5.73 Å². The highest BCUT2D eigenvalue weighted by Gasteiger charge is 2.41. The summed E-state index contributed by atoms with van der Waals surface area (Å²) in [6.07, 6.45) is 3.06. The van der Waals surface area contributed by atoms with Gasteiger partial charge in [-0.1, -0.05) is 19.8 Å². The Labute approximate surface area is 155 Å². The molecule has 4 N–H and O–H groups in total. The number of nitrogens with zero attached hydrogens (tertiary/aromatic N) is 1. The summed E-state index contributed by atoms with van der Waals surface area (Å²) < 4.78 is 0. The van der Waals surface area contributed by atoms with Crippen LogP contribution >= 0.6 is 0 Å². The minimum atomic E-state index is -0.798. The first-order valence-electron chi connectivity index (χ1n) is 8.63. The van der Waals surface area contributed by atoms with E-state index in [4.69, 9.17) is 10.8 Å². The maximum Gasteiger partial charge on any atom is 0.303 e. The van der Waals surface area contributed by atoms with Crippen molar-refractivity contribution in [2.75, 3.05) is 0 Å². The summed E-state index contributed by atoms with van der Waals surface area (Å²) >= 11 is 0. The van der Waals surface area contributed by atoms with Gasteiger partial charge in [0.1, 0.15) is 5.70 Å². The van der Waals surface area contributed by atoms with Crippen molar-refractivity contribution in [1.29, 1.82) is 0 Å². The highest BCUT2D eigenvalue weighted by Crippen LogP contribution is 2.26. The average molecular weight is 381 g/mol. The van der Waals surface area contributed by atoms with E-state index in [-0.39, 0.29) is 37.0 Å². The molecule has 27 heavy (non-hydrogen) atoms. The Balaban J connectivity index is 0.000000387. The van der Waals surface area contributed by atoms with Crippen molar-refractivity contribution in [3.63, 3.8) is 0 Å².